The van der Waals surface area contributed by atoms with E-state index in [0.29, 0.717) is 5.56 Å². The van der Waals surface area contributed by atoms with E-state index in [9.17, 15) is 27.6 Å². The maximum Gasteiger partial charge on any atom is 0.573 e. The van der Waals surface area contributed by atoms with E-state index in [2.05, 4.69) is 9.72 Å². The lowest BCUT2D eigenvalue weighted by Crippen LogP contribution is -2.33. The SMILES string of the molecule is CCOC(=O)c1cnccc1CN1CC(=O)N(c2ccc(OC(F)(F)F)cc2)C1=O. The van der Waals surface area contributed by atoms with Gasteiger partial charge in [0.1, 0.15) is 12.3 Å². The van der Waals surface area contributed by atoms with Crippen molar-refractivity contribution in [3.8, 4) is 5.75 Å². The maximum atomic E-state index is 12.7. The molecule has 0 atom stereocenters. The minimum absolute atomic E-state index is 0.0486. The van der Waals surface area contributed by atoms with Crippen LogP contribution in [-0.4, -0.2) is 47.3 Å². The van der Waals surface area contributed by atoms with Crippen LogP contribution in [0.5, 0.6) is 5.75 Å². The number of imide groups is 1. The van der Waals surface area contributed by atoms with Gasteiger partial charge in [0.2, 0.25) is 0 Å². The highest BCUT2D eigenvalue weighted by Gasteiger charge is 2.38. The summed E-state index contributed by atoms with van der Waals surface area (Å²) in [6, 6.07) is 5.24. The number of aromatic nitrogens is 1. The number of rotatable bonds is 6. The summed E-state index contributed by atoms with van der Waals surface area (Å²) >= 11 is 0. The molecule has 0 unspecified atom stereocenters. The zero-order valence-electron chi connectivity index (χ0n) is 15.7. The lowest BCUT2D eigenvalue weighted by molar-refractivity contribution is -0.274. The lowest BCUT2D eigenvalue weighted by Gasteiger charge is -2.18. The average molecular weight is 423 g/mol. The minimum atomic E-state index is -4.85. The highest BCUT2D eigenvalue weighted by Crippen LogP contribution is 2.28. The monoisotopic (exact) mass is 423 g/mol. The highest BCUT2D eigenvalue weighted by atomic mass is 19.4. The Bertz CT molecular complexity index is 963. The lowest BCUT2D eigenvalue weighted by atomic mass is 10.1. The van der Waals surface area contributed by atoms with Gasteiger partial charge in [-0.15, -0.1) is 13.2 Å². The minimum Gasteiger partial charge on any atom is -0.462 e. The summed E-state index contributed by atoms with van der Waals surface area (Å²) in [6.45, 7) is 1.51. The molecular formula is C19H16F3N3O5. The van der Waals surface area contributed by atoms with E-state index in [1.54, 1.807) is 6.92 Å². The fourth-order valence-electron chi connectivity index (χ4n) is 2.88. The molecule has 0 N–H and O–H groups in total. The summed E-state index contributed by atoms with van der Waals surface area (Å²) in [4.78, 5) is 43.1. The van der Waals surface area contributed by atoms with Crippen molar-refractivity contribution >= 4 is 23.6 Å². The Morgan fingerprint density at radius 3 is 2.50 bits per heavy atom. The van der Waals surface area contributed by atoms with Gasteiger partial charge in [-0.05, 0) is 42.8 Å². The summed E-state index contributed by atoms with van der Waals surface area (Å²) in [5, 5.41) is 0. The second-order valence-electron chi connectivity index (χ2n) is 6.16. The van der Waals surface area contributed by atoms with E-state index in [-0.39, 0.29) is 30.9 Å². The van der Waals surface area contributed by atoms with Crippen LogP contribution in [0.2, 0.25) is 0 Å². The van der Waals surface area contributed by atoms with Gasteiger partial charge in [0.25, 0.3) is 5.91 Å². The Balaban J connectivity index is 1.77. The molecular weight excluding hydrogens is 407 g/mol. The van der Waals surface area contributed by atoms with E-state index in [4.69, 9.17) is 4.74 Å². The number of esters is 1. The van der Waals surface area contributed by atoms with Crippen LogP contribution in [0.15, 0.2) is 42.7 Å². The van der Waals surface area contributed by atoms with Crippen LogP contribution in [0, 0.1) is 0 Å². The second kappa shape index (κ2) is 8.39. The van der Waals surface area contributed by atoms with Crippen molar-refractivity contribution in [1.82, 2.24) is 9.88 Å². The van der Waals surface area contributed by atoms with Crippen LogP contribution < -0.4 is 9.64 Å². The van der Waals surface area contributed by atoms with E-state index in [1.165, 1.54) is 35.5 Å². The third kappa shape index (κ3) is 4.67. The summed E-state index contributed by atoms with van der Waals surface area (Å²) in [7, 11) is 0. The summed E-state index contributed by atoms with van der Waals surface area (Å²) in [5.74, 6) is -1.63. The Morgan fingerprint density at radius 1 is 1.17 bits per heavy atom. The smallest absolute Gasteiger partial charge is 0.462 e. The Hall–Kier alpha value is -3.63. The number of carbonyl (C=O) groups excluding carboxylic acids is 3. The predicted molar refractivity (Wildman–Crippen MR) is 96.6 cm³/mol. The summed E-state index contributed by atoms with van der Waals surface area (Å²) in [5.41, 5.74) is 0.717. The standard InChI is InChI=1S/C19H16F3N3O5/c1-2-29-17(27)15-9-23-8-7-12(15)10-24-11-16(26)25(18(24)28)13-3-5-14(6-4-13)30-19(20,21)22/h3-9H,2,10-11H2,1H3. The van der Waals surface area contributed by atoms with Crippen LogP contribution in [-0.2, 0) is 16.1 Å². The fraction of sp³-hybridized carbons (Fsp3) is 0.263. The number of benzene rings is 1. The van der Waals surface area contributed by atoms with Crippen molar-refractivity contribution in [2.45, 2.75) is 19.8 Å². The van der Waals surface area contributed by atoms with Crippen molar-refractivity contribution in [3.63, 3.8) is 0 Å². The first-order valence-corrected chi connectivity index (χ1v) is 8.77. The molecule has 158 valence electrons. The topological polar surface area (TPSA) is 89.0 Å². The number of hydrogen-bond acceptors (Lipinski definition) is 6. The van der Waals surface area contributed by atoms with Gasteiger partial charge in [-0.1, -0.05) is 0 Å². The van der Waals surface area contributed by atoms with Gasteiger partial charge in [0.15, 0.2) is 0 Å². The molecule has 0 radical (unpaired) electrons. The number of hydrogen-bond donors (Lipinski definition) is 0. The molecule has 8 nitrogen and oxygen atoms in total. The molecule has 1 aromatic carbocycles. The molecule has 1 saturated heterocycles. The van der Waals surface area contributed by atoms with E-state index in [1.807, 2.05) is 0 Å². The molecule has 30 heavy (non-hydrogen) atoms. The Labute approximate surface area is 168 Å². The van der Waals surface area contributed by atoms with Gasteiger partial charge in [-0.3, -0.25) is 9.78 Å². The predicted octanol–water partition coefficient (Wildman–Crippen LogP) is 3.13. The van der Waals surface area contributed by atoms with E-state index in [0.717, 1.165) is 17.0 Å². The molecule has 1 aliphatic heterocycles. The number of nitrogens with zero attached hydrogens (tertiary/aromatic N) is 3. The molecule has 0 saturated carbocycles. The number of urea groups is 1. The second-order valence-corrected chi connectivity index (χ2v) is 6.16. The van der Waals surface area contributed by atoms with Crippen LogP contribution in [0.1, 0.15) is 22.8 Å². The van der Waals surface area contributed by atoms with Crippen molar-refractivity contribution in [1.29, 1.82) is 0 Å². The normalized spacial score (nSPS) is 14.3. The highest BCUT2D eigenvalue weighted by molar-refractivity contribution is 6.19. The summed E-state index contributed by atoms with van der Waals surface area (Å²) in [6.07, 6.45) is -2.09. The molecule has 1 aromatic heterocycles. The van der Waals surface area contributed by atoms with Gasteiger partial charge in [0, 0.05) is 18.9 Å². The molecule has 0 aliphatic carbocycles. The van der Waals surface area contributed by atoms with Gasteiger partial charge < -0.3 is 14.4 Å². The first-order valence-electron chi connectivity index (χ1n) is 8.77. The summed E-state index contributed by atoms with van der Waals surface area (Å²) < 4.78 is 45.6. The number of alkyl halides is 3. The molecule has 3 rings (SSSR count). The van der Waals surface area contributed by atoms with Crippen LogP contribution in [0.3, 0.4) is 0 Å². The fourth-order valence-corrected chi connectivity index (χ4v) is 2.88. The number of ether oxygens (including phenoxy) is 2. The molecule has 2 heterocycles. The molecule has 0 spiro atoms. The van der Waals surface area contributed by atoms with Crippen molar-refractivity contribution in [2.24, 2.45) is 0 Å². The quantitative estimate of drug-likeness (QED) is 0.524. The third-order valence-corrected chi connectivity index (χ3v) is 4.13. The van der Waals surface area contributed by atoms with Gasteiger partial charge >= 0.3 is 18.4 Å². The van der Waals surface area contributed by atoms with Crippen molar-refractivity contribution in [2.75, 3.05) is 18.1 Å². The number of anilines is 1. The van der Waals surface area contributed by atoms with E-state index < -0.39 is 30.0 Å². The van der Waals surface area contributed by atoms with Gasteiger partial charge in [-0.25, -0.2) is 14.5 Å². The van der Waals surface area contributed by atoms with Gasteiger partial charge in [-0.2, -0.15) is 0 Å². The van der Waals surface area contributed by atoms with Crippen LogP contribution >= 0.6 is 0 Å². The number of halogens is 3. The zero-order chi connectivity index (χ0) is 21.9. The van der Waals surface area contributed by atoms with Gasteiger partial charge in [0.05, 0.1) is 17.9 Å². The first-order chi connectivity index (χ1) is 14.2. The number of amides is 3. The molecule has 3 amide bonds. The van der Waals surface area contributed by atoms with Crippen LogP contribution in [0.25, 0.3) is 0 Å². The first kappa shape index (κ1) is 21.1. The number of pyridine rings is 1. The van der Waals surface area contributed by atoms with E-state index >= 15 is 0 Å². The molecule has 11 heteroatoms. The molecule has 2 aromatic rings. The third-order valence-electron chi connectivity index (χ3n) is 4.13. The largest absolute Gasteiger partial charge is 0.573 e. The Morgan fingerprint density at radius 2 is 1.87 bits per heavy atom. The molecule has 1 fully saturated rings. The maximum absolute atomic E-state index is 12.7. The zero-order valence-corrected chi connectivity index (χ0v) is 15.7. The molecule has 1 aliphatic rings. The molecule has 0 bridgehead atoms. The average Bonchev–Trinajstić information content (AvgIpc) is 2.95. The van der Waals surface area contributed by atoms with Crippen LogP contribution in [0.4, 0.5) is 23.7 Å². The van der Waals surface area contributed by atoms with Crippen molar-refractivity contribution < 1.29 is 37.0 Å². The Kier molecular flexibility index (Phi) is 5.90. The number of carbonyl (C=O) groups is 3. The van der Waals surface area contributed by atoms with Crippen molar-refractivity contribution in [3.05, 3.63) is 53.9 Å².